The van der Waals surface area contributed by atoms with Crippen molar-refractivity contribution in [1.82, 2.24) is 19.3 Å². The summed E-state index contributed by atoms with van der Waals surface area (Å²) in [5.41, 5.74) is 4.05. The molecular weight excluding hydrogens is 348 g/mol. The number of nitrogens with zero attached hydrogens (tertiary/aromatic N) is 3. The Kier molecular flexibility index (Phi) is 3.27. The molecule has 26 heavy (non-hydrogen) atoms. The summed E-state index contributed by atoms with van der Waals surface area (Å²) < 4.78 is 1.51. The summed E-state index contributed by atoms with van der Waals surface area (Å²) in [6.45, 7) is 2.94. The minimum atomic E-state index is -0.288. The lowest BCUT2D eigenvalue weighted by atomic mass is 10.0. The molecule has 6 nitrogen and oxygen atoms in total. The highest BCUT2D eigenvalue weighted by Crippen LogP contribution is 2.28. The molecule has 5 rings (SSSR count). The Bertz CT molecular complexity index is 1230. The van der Waals surface area contributed by atoms with Gasteiger partial charge in [0.15, 0.2) is 4.96 Å². The van der Waals surface area contributed by atoms with Crippen molar-refractivity contribution in [3.05, 3.63) is 68.7 Å². The van der Waals surface area contributed by atoms with Gasteiger partial charge in [-0.05, 0) is 13.0 Å². The molecule has 1 aromatic carbocycles. The van der Waals surface area contributed by atoms with Gasteiger partial charge >= 0.3 is 0 Å². The van der Waals surface area contributed by atoms with Crippen molar-refractivity contribution in [2.24, 2.45) is 0 Å². The van der Waals surface area contributed by atoms with Gasteiger partial charge in [-0.3, -0.25) is 14.0 Å². The van der Waals surface area contributed by atoms with Gasteiger partial charge in [-0.2, -0.15) is 0 Å². The summed E-state index contributed by atoms with van der Waals surface area (Å²) >= 11 is 1.40. The summed E-state index contributed by atoms with van der Waals surface area (Å²) in [5.74, 6) is -0.251. The molecule has 0 radical (unpaired) electrons. The van der Waals surface area contributed by atoms with Crippen LogP contribution in [-0.2, 0) is 13.0 Å². The lowest BCUT2D eigenvalue weighted by Gasteiger charge is -2.27. The molecule has 1 amide bonds. The Labute approximate surface area is 152 Å². The molecule has 0 atom stereocenters. The van der Waals surface area contributed by atoms with E-state index in [1.165, 1.54) is 27.6 Å². The fraction of sp³-hybridized carbons (Fsp3) is 0.211. The van der Waals surface area contributed by atoms with Crippen LogP contribution in [0.3, 0.4) is 0 Å². The van der Waals surface area contributed by atoms with Crippen LogP contribution < -0.4 is 5.56 Å². The predicted octanol–water partition coefficient (Wildman–Crippen LogP) is 2.74. The third-order valence-corrected chi connectivity index (χ3v) is 5.97. The lowest BCUT2D eigenvalue weighted by molar-refractivity contribution is 0.0732. The first kappa shape index (κ1) is 15.3. The molecule has 7 heteroatoms. The number of benzene rings is 1. The van der Waals surface area contributed by atoms with Crippen LogP contribution in [0.2, 0.25) is 0 Å². The van der Waals surface area contributed by atoms with Crippen LogP contribution in [0.1, 0.15) is 27.3 Å². The van der Waals surface area contributed by atoms with Gasteiger partial charge in [-0.15, -0.1) is 11.3 Å². The van der Waals surface area contributed by atoms with E-state index in [2.05, 4.69) is 16.0 Å². The summed E-state index contributed by atoms with van der Waals surface area (Å²) in [7, 11) is 0. The smallest absolute Gasteiger partial charge is 0.271 e. The van der Waals surface area contributed by atoms with Gasteiger partial charge in [0.2, 0.25) is 0 Å². The molecule has 130 valence electrons. The van der Waals surface area contributed by atoms with Crippen LogP contribution in [0.5, 0.6) is 0 Å². The average molecular weight is 364 g/mol. The number of para-hydroxylation sites is 1. The van der Waals surface area contributed by atoms with E-state index in [1.54, 1.807) is 4.90 Å². The van der Waals surface area contributed by atoms with Crippen molar-refractivity contribution in [2.75, 3.05) is 6.54 Å². The quantitative estimate of drug-likeness (QED) is 0.565. The highest BCUT2D eigenvalue weighted by molar-refractivity contribution is 7.15. The van der Waals surface area contributed by atoms with Crippen molar-refractivity contribution in [2.45, 2.75) is 19.9 Å². The Morgan fingerprint density at radius 3 is 3.04 bits per heavy atom. The Balaban J connectivity index is 1.55. The minimum absolute atomic E-state index is 0.132. The van der Waals surface area contributed by atoms with Crippen LogP contribution in [0.4, 0.5) is 0 Å². The van der Waals surface area contributed by atoms with Gasteiger partial charge in [0.1, 0.15) is 5.56 Å². The molecule has 0 spiro atoms. The van der Waals surface area contributed by atoms with Crippen LogP contribution in [0, 0.1) is 6.92 Å². The monoisotopic (exact) mass is 364 g/mol. The summed E-state index contributed by atoms with van der Waals surface area (Å²) in [4.78, 5) is 35.9. The maximum absolute atomic E-state index is 13.0. The number of rotatable bonds is 1. The summed E-state index contributed by atoms with van der Waals surface area (Å²) in [6, 6.07) is 8.11. The molecule has 1 N–H and O–H groups in total. The minimum Gasteiger partial charge on any atom is -0.358 e. The van der Waals surface area contributed by atoms with E-state index in [0.29, 0.717) is 18.1 Å². The first-order valence-corrected chi connectivity index (χ1v) is 9.35. The highest BCUT2D eigenvalue weighted by Gasteiger charge is 2.27. The van der Waals surface area contributed by atoms with E-state index < -0.39 is 0 Å². The number of hydrogen-bond donors (Lipinski definition) is 1. The van der Waals surface area contributed by atoms with Crippen LogP contribution in [0.25, 0.3) is 15.9 Å². The fourth-order valence-electron chi connectivity index (χ4n) is 3.68. The second-order valence-electron chi connectivity index (χ2n) is 6.58. The number of nitrogens with one attached hydrogen (secondary N) is 1. The number of aromatic nitrogens is 3. The summed E-state index contributed by atoms with van der Waals surface area (Å²) in [5, 5.41) is 3.01. The molecule has 4 heterocycles. The van der Waals surface area contributed by atoms with Gasteiger partial charge in [-0.1, -0.05) is 18.2 Å². The van der Waals surface area contributed by atoms with Crippen LogP contribution in [-0.4, -0.2) is 31.7 Å². The highest BCUT2D eigenvalue weighted by atomic mass is 32.1. The number of carbonyl (C=O) groups is 1. The van der Waals surface area contributed by atoms with E-state index in [4.69, 9.17) is 0 Å². The largest absolute Gasteiger partial charge is 0.358 e. The van der Waals surface area contributed by atoms with E-state index in [9.17, 15) is 9.59 Å². The first-order valence-electron chi connectivity index (χ1n) is 8.47. The van der Waals surface area contributed by atoms with E-state index in [-0.39, 0.29) is 17.0 Å². The third-order valence-electron chi connectivity index (χ3n) is 5.02. The van der Waals surface area contributed by atoms with E-state index >= 15 is 0 Å². The number of aromatic amines is 1. The third kappa shape index (κ3) is 2.13. The zero-order valence-electron chi connectivity index (χ0n) is 14.2. The molecule has 1 aliphatic heterocycles. The zero-order valence-corrected chi connectivity index (χ0v) is 15.0. The van der Waals surface area contributed by atoms with Gasteiger partial charge < -0.3 is 9.88 Å². The molecule has 0 aliphatic carbocycles. The van der Waals surface area contributed by atoms with E-state index in [0.717, 1.165) is 28.6 Å². The van der Waals surface area contributed by atoms with Crippen LogP contribution >= 0.6 is 11.3 Å². The zero-order chi connectivity index (χ0) is 17.8. The number of aryl methyl sites for hydroxylation is 1. The maximum atomic E-state index is 13.0. The standard InChI is InChI=1S/C19H16N4O2S/c1-11-10-26-19-20-8-13(18(25)23(11)19)17(24)22-7-6-16-14(9-22)12-4-2-3-5-15(12)21-16/h2-5,8,10,21H,6-7,9H2,1H3. The number of thiazole rings is 1. The van der Waals surface area contributed by atoms with Gasteiger partial charge in [0, 0.05) is 58.9 Å². The van der Waals surface area contributed by atoms with Crippen LogP contribution in [0.15, 0.2) is 40.6 Å². The number of hydrogen-bond acceptors (Lipinski definition) is 4. The second-order valence-corrected chi connectivity index (χ2v) is 7.41. The molecular formula is C19H16N4O2S. The topological polar surface area (TPSA) is 70.5 Å². The van der Waals surface area contributed by atoms with E-state index in [1.807, 2.05) is 30.5 Å². The number of H-pyrrole nitrogens is 1. The first-order chi connectivity index (χ1) is 12.6. The van der Waals surface area contributed by atoms with Gasteiger partial charge in [0.05, 0.1) is 0 Å². The maximum Gasteiger partial charge on any atom is 0.271 e. The summed E-state index contributed by atoms with van der Waals surface area (Å²) in [6.07, 6.45) is 2.17. The Morgan fingerprint density at radius 2 is 2.15 bits per heavy atom. The average Bonchev–Trinajstić information content (AvgIpc) is 3.22. The molecule has 0 saturated heterocycles. The number of amides is 1. The lowest BCUT2D eigenvalue weighted by Crippen LogP contribution is -2.39. The normalized spacial score (nSPS) is 14.1. The molecule has 0 bridgehead atoms. The van der Waals surface area contributed by atoms with Crippen molar-refractivity contribution in [3.8, 4) is 0 Å². The Hall–Kier alpha value is -2.93. The SMILES string of the molecule is Cc1csc2ncc(C(=O)N3CCc4[nH]c5ccccc5c4C3)c(=O)n12. The van der Waals surface area contributed by atoms with Gasteiger partial charge in [0.25, 0.3) is 11.5 Å². The van der Waals surface area contributed by atoms with Crippen molar-refractivity contribution in [1.29, 1.82) is 0 Å². The molecule has 0 fully saturated rings. The molecule has 3 aromatic heterocycles. The molecule has 0 saturated carbocycles. The molecule has 0 unspecified atom stereocenters. The fourth-order valence-corrected chi connectivity index (χ4v) is 4.51. The molecule has 4 aromatic rings. The molecule has 1 aliphatic rings. The number of fused-ring (bicyclic) bond motifs is 4. The predicted molar refractivity (Wildman–Crippen MR) is 101 cm³/mol. The van der Waals surface area contributed by atoms with Crippen molar-refractivity contribution >= 4 is 33.1 Å². The number of carbonyl (C=O) groups excluding carboxylic acids is 1. The van der Waals surface area contributed by atoms with Crippen molar-refractivity contribution in [3.63, 3.8) is 0 Å². The van der Waals surface area contributed by atoms with Crippen molar-refractivity contribution < 1.29 is 4.79 Å². The second kappa shape index (κ2) is 5.54. The Morgan fingerprint density at radius 1 is 1.31 bits per heavy atom. The van der Waals surface area contributed by atoms with Gasteiger partial charge in [-0.25, -0.2) is 4.98 Å².